The van der Waals surface area contributed by atoms with Crippen LogP contribution in [0.25, 0.3) is 0 Å². The van der Waals surface area contributed by atoms with Crippen LogP contribution in [0.1, 0.15) is 18.4 Å². The summed E-state index contributed by atoms with van der Waals surface area (Å²) in [5.74, 6) is -0.345. The molecule has 1 aliphatic rings. The molecule has 110 valence electrons. The highest BCUT2D eigenvalue weighted by Crippen LogP contribution is 2.25. The van der Waals surface area contributed by atoms with Crippen LogP contribution < -0.4 is 15.8 Å². The van der Waals surface area contributed by atoms with Gasteiger partial charge in [-0.15, -0.1) is 0 Å². The lowest BCUT2D eigenvalue weighted by Gasteiger charge is -2.10. The molecule has 1 saturated carbocycles. The maximum atomic E-state index is 12.0. The van der Waals surface area contributed by atoms with Crippen LogP contribution in [0.5, 0.6) is 0 Å². The second kappa shape index (κ2) is 5.59. The van der Waals surface area contributed by atoms with Crippen LogP contribution in [0.15, 0.2) is 17.0 Å². The van der Waals surface area contributed by atoms with Gasteiger partial charge in [-0.3, -0.25) is 4.79 Å². The first-order valence-corrected chi connectivity index (χ1v) is 8.00. The lowest BCUT2D eigenvalue weighted by Crippen LogP contribution is -2.37. The molecule has 6 nitrogen and oxygen atoms in total. The van der Waals surface area contributed by atoms with Gasteiger partial charge in [0.05, 0.1) is 11.4 Å². The minimum Gasteiger partial charge on any atom is -0.398 e. The molecule has 20 heavy (non-hydrogen) atoms. The molecule has 0 atom stereocenters. The Bertz CT molecular complexity index is 618. The zero-order chi connectivity index (χ0) is 14.9. The number of carbonyl (C=O) groups is 1. The van der Waals surface area contributed by atoms with E-state index in [0.29, 0.717) is 11.3 Å². The Morgan fingerprint density at radius 1 is 1.45 bits per heavy atom. The van der Waals surface area contributed by atoms with Gasteiger partial charge in [-0.25, -0.2) is 13.1 Å². The molecule has 0 aliphatic heterocycles. The molecule has 0 spiro atoms. The highest BCUT2D eigenvalue weighted by Gasteiger charge is 2.24. The predicted molar refractivity (Wildman–Crippen MR) is 77.0 cm³/mol. The van der Waals surface area contributed by atoms with Gasteiger partial charge in [-0.05, 0) is 37.5 Å². The Balaban J connectivity index is 2.07. The molecule has 4 N–H and O–H groups in total. The fraction of sp³-hybridized carbons (Fsp3) is 0.417. The van der Waals surface area contributed by atoms with E-state index in [1.54, 1.807) is 6.92 Å². The third-order valence-corrected chi connectivity index (χ3v) is 4.81. The summed E-state index contributed by atoms with van der Waals surface area (Å²) in [6.45, 7) is 1.40. The fourth-order valence-electron chi connectivity index (χ4n) is 1.58. The summed E-state index contributed by atoms with van der Waals surface area (Å²) in [4.78, 5) is 11.4. The number of carbonyl (C=O) groups excluding carboxylic acids is 1. The third-order valence-electron chi connectivity index (χ3n) is 3.03. The first-order valence-electron chi connectivity index (χ1n) is 6.14. The second-order valence-corrected chi connectivity index (χ2v) is 6.96. The number of sulfonamides is 1. The Hall–Kier alpha value is -1.31. The molecule has 8 heteroatoms. The van der Waals surface area contributed by atoms with E-state index in [2.05, 4.69) is 10.0 Å². The second-order valence-electron chi connectivity index (χ2n) is 4.79. The van der Waals surface area contributed by atoms with Crippen LogP contribution in [0.2, 0.25) is 5.02 Å². The van der Waals surface area contributed by atoms with Crippen molar-refractivity contribution in [1.82, 2.24) is 10.0 Å². The zero-order valence-electron chi connectivity index (χ0n) is 10.9. The number of halogens is 1. The summed E-state index contributed by atoms with van der Waals surface area (Å²) in [6, 6.07) is 2.83. The molecule has 0 unspecified atom stereocenters. The van der Waals surface area contributed by atoms with E-state index in [-0.39, 0.29) is 28.4 Å². The number of amides is 1. The summed E-state index contributed by atoms with van der Waals surface area (Å²) in [5.41, 5.74) is 6.61. The lowest BCUT2D eigenvalue weighted by molar-refractivity contribution is -0.120. The number of nitrogen functional groups attached to an aromatic ring is 1. The van der Waals surface area contributed by atoms with E-state index in [4.69, 9.17) is 17.3 Å². The smallest absolute Gasteiger partial charge is 0.241 e. The number of benzene rings is 1. The Morgan fingerprint density at radius 2 is 2.10 bits per heavy atom. The number of anilines is 1. The van der Waals surface area contributed by atoms with Crippen LogP contribution in [-0.4, -0.2) is 26.9 Å². The molecule has 1 aliphatic carbocycles. The van der Waals surface area contributed by atoms with Crippen LogP contribution in [0.4, 0.5) is 5.69 Å². The minimum absolute atomic E-state index is 0.0511. The molecule has 0 radical (unpaired) electrons. The van der Waals surface area contributed by atoms with Crippen molar-refractivity contribution in [2.24, 2.45) is 0 Å². The summed E-state index contributed by atoms with van der Waals surface area (Å²) in [6.07, 6.45) is 1.89. The van der Waals surface area contributed by atoms with Gasteiger partial charge in [0.15, 0.2) is 0 Å². The number of nitrogens with two attached hydrogens (primary N) is 1. The van der Waals surface area contributed by atoms with Crippen LogP contribution >= 0.6 is 11.6 Å². The van der Waals surface area contributed by atoms with E-state index < -0.39 is 10.0 Å². The Kier molecular flexibility index (Phi) is 4.22. The molecule has 1 aromatic rings. The van der Waals surface area contributed by atoms with E-state index in [0.717, 1.165) is 12.8 Å². The van der Waals surface area contributed by atoms with Crippen molar-refractivity contribution in [2.75, 3.05) is 12.3 Å². The standard InChI is InChI=1S/C12H16ClN3O3S/c1-7-10(13)4-9(5-11(7)14)20(18,19)15-6-12(17)16-8-2-3-8/h4-5,8,15H,2-3,6,14H2,1H3,(H,16,17). The predicted octanol–water partition coefficient (Wildman–Crippen LogP) is 0.788. The molecular formula is C12H16ClN3O3S. The summed E-state index contributed by atoms with van der Waals surface area (Å²) in [7, 11) is -3.81. The summed E-state index contributed by atoms with van der Waals surface area (Å²) in [5, 5.41) is 2.96. The SMILES string of the molecule is Cc1c(N)cc(S(=O)(=O)NCC(=O)NC2CC2)cc1Cl. The topological polar surface area (TPSA) is 101 Å². The maximum absolute atomic E-state index is 12.0. The molecule has 1 aromatic carbocycles. The molecule has 0 heterocycles. The molecule has 0 aromatic heterocycles. The van der Waals surface area contributed by atoms with Crippen molar-refractivity contribution in [3.8, 4) is 0 Å². The van der Waals surface area contributed by atoms with E-state index in [9.17, 15) is 13.2 Å². The van der Waals surface area contributed by atoms with Gasteiger partial charge in [-0.2, -0.15) is 0 Å². The summed E-state index contributed by atoms with van der Waals surface area (Å²) >= 11 is 5.91. The van der Waals surface area contributed by atoms with Crippen LogP contribution in [0.3, 0.4) is 0 Å². The minimum atomic E-state index is -3.81. The third kappa shape index (κ3) is 3.62. The molecular weight excluding hydrogens is 302 g/mol. The zero-order valence-corrected chi connectivity index (χ0v) is 12.5. The number of rotatable bonds is 5. The quantitative estimate of drug-likeness (QED) is 0.699. The van der Waals surface area contributed by atoms with Crippen molar-refractivity contribution >= 4 is 33.2 Å². The number of nitrogens with one attached hydrogen (secondary N) is 2. The van der Waals surface area contributed by atoms with Gasteiger partial charge >= 0.3 is 0 Å². The van der Waals surface area contributed by atoms with Crippen molar-refractivity contribution in [3.05, 3.63) is 22.7 Å². The highest BCUT2D eigenvalue weighted by atomic mass is 35.5. The molecule has 2 rings (SSSR count). The van der Waals surface area contributed by atoms with Crippen LogP contribution in [0, 0.1) is 6.92 Å². The van der Waals surface area contributed by atoms with Crippen molar-refractivity contribution in [3.63, 3.8) is 0 Å². The fourth-order valence-corrected chi connectivity index (χ4v) is 2.91. The van der Waals surface area contributed by atoms with Crippen molar-refractivity contribution in [1.29, 1.82) is 0 Å². The van der Waals surface area contributed by atoms with Gasteiger partial charge < -0.3 is 11.1 Å². The Labute approximate surface area is 122 Å². The number of hydrogen-bond donors (Lipinski definition) is 3. The summed E-state index contributed by atoms with van der Waals surface area (Å²) < 4.78 is 26.3. The van der Waals surface area contributed by atoms with Crippen molar-refractivity contribution < 1.29 is 13.2 Å². The normalized spacial score (nSPS) is 15.1. The monoisotopic (exact) mass is 317 g/mol. The Morgan fingerprint density at radius 3 is 2.65 bits per heavy atom. The maximum Gasteiger partial charge on any atom is 0.241 e. The first-order chi connectivity index (χ1) is 9.29. The lowest BCUT2D eigenvalue weighted by atomic mass is 10.2. The molecule has 0 saturated heterocycles. The van der Waals surface area contributed by atoms with E-state index in [1.807, 2.05) is 0 Å². The largest absolute Gasteiger partial charge is 0.398 e. The molecule has 1 fully saturated rings. The van der Waals surface area contributed by atoms with E-state index >= 15 is 0 Å². The van der Waals surface area contributed by atoms with Gasteiger partial charge in [0.2, 0.25) is 15.9 Å². The van der Waals surface area contributed by atoms with E-state index in [1.165, 1.54) is 12.1 Å². The van der Waals surface area contributed by atoms with Crippen molar-refractivity contribution in [2.45, 2.75) is 30.7 Å². The van der Waals surface area contributed by atoms with Gasteiger partial charge in [0, 0.05) is 16.8 Å². The van der Waals surface area contributed by atoms with Gasteiger partial charge in [0.25, 0.3) is 0 Å². The average Bonchev–Trinajstić information content (AvgIpc) is 3.17. The van der Waals surface area contributed by atoms with Gasteiger partial charge in [0.1, 0.15) is 0 Å². The first kappa shape index (κ1) is 15.1. The number of hydrogen-bond acceptors (Lipinski definition) is 4. The van der Waals surface area contributed by atoms with Crippen LogP contribution in [-0.2, 0) is 14.8 Å². The highest BCUT2D eigenvalue weighted by molar-refractivity contribution is 7.89. The average molecular weight is 318 g/mol. The molecule has 1 amide bonds. The molecule has 0 bridgehead atoms. The van der Waals surface area contributed by atoms with Gasteiger partial charge in [-0.1, -0.05) is 11.6 Å².